The standard InChI is InChI=1S/C11H12N2O2/c1-15-10-5-3-2-4-9(10)11-12-6-8(7-14)13-11/h2-6,14H,7H2,1H3,(H,12,13). The average molecular weight is 204 g/mol. The van der Waals surface area contributed by atoms with E-state index in [1.807, 2.05) is 24.3 Å². The van der Waals surface area contributed by atoms with Gasteiger partial charge in [0.25, 0.3) is 0 Å². The first-order chi connectivity index (χ1) is 7.35. The molecule has 4 heteroatoms. The monoisotopic (exact) mass is 204 g/mol. The molecular weight excluding hydrogens is 192 g/mol. The molecule has 0 atom stereocenters. The number of para-hydroxylation sites is 1. The lowest BCUT2D eigenvalue weighted by Crippen LogP contribution is -1.89. The third-order valence-corrected chi connectivity index (χ3v) is 2.16. The predicted molar refractivity (Wildman–Crippen MR) is 56.5 cm³/mol. The van der Waals surface area contributed by atoms with Crippen LogP contribution in [0, 0.1) is 0 Å². The van der Waals surface area contributed by atoms with E-state index >= 15 is 0 Å². The quantitative estimate of drug-likeness (QED) is 0.798. The topological polar surface area (TPSA) is 58.1 Å². The number of nitrogens with one attached hydrogen (secondary N) is 1. The van der Waals surface area contributed by atoms with Gasteiger partial charge < -0.3 is 14.8 Å². The van der Waals surface area contributed by atoms with Crippen LogP contribution in [0.2, 0.25) is 0 Å². The molecule has 1 aromatic heterocycles. The minimum absolute atomic E-state index is 0.0395. The lowest BCUT2D eigenvalue weighted by Gasteiger charge is -2.04. The van der Waals surface area contributed by atoms with Crippen molar-refractivity contribution in [3.63, 3.8) is 0 Å². The number of aromatic nitrogens is 2. The van der Waals surface area contributed by atoms with Crippen molar-refractivity contribution in [3.8, 4) is 17.1 Å². The van der Waals surface area contributed by atoms with E-state index in [0.29, 0.717) is 11.5 Å². The van der Waals surface area contributed by atoms with Gasteiger partial charge in [-0.05, 0) is 12.1 Å². The number of hydrogen-bond acceptors (Lipinski definition) is 3. The highest BCUT2D eigenvalue weighted by molar-refractivity contribution is 5.64. The Morgan fingerprint density at radius 2 is 2.20 bits per heavy atom. The Kier molecular flexibility index (Phi) is 2.69. The van der Waals surface area contributed by atoms with Gasteiger partial charge in [-0.1, -0.05) is 12.1 Å². The van der Waals surface area contributed by atoms with E-state index in [0.717, 1.165) is 11.3 Å². The number of benzene rings is 1. The van der Waals surface area contributed by atoms with Gasteiger partial charge in [0.05, 0.1) is 31.2 Å². The van der Waals surface area contributed by atoms with E-state index in [2.05, 4.69) is 9.97 Å². The summed E-state index contributed by atoms with van der Waals surface area (Å²) in [5.74, 6) is 1.47. The third kappa shape index (κ3) is 1.85. The second-order valence-electron chi connectivity index (χ2n) is 3.12. The maximum Gasteiger partial charge on any atom is 0.141 e. The Bertz CT molecular complexity index is 451. The first kappa shape index (κ1) is 9.73. The van der Waals surface area contributed by atoms with Gasteiger partial charge >= 0.3 is 0 Å². The van der Waals surface area contributed by atoms with Crippen molar-refractivity contribution in [1.29, 1.82) is 0 Å². The molecule has 0 radical (unpaired) electrons. The van der Waals surface area contributed by atoms with Gasteiger partial charge in [-0.3, -0.25) is 0 Å². The number of ether oxygens (including phenoxy) is 1. The van der Waals surface area contributed by atoms with Crippen LogP contribution in [0.4, 0.5) is 0 Å². The number of hydrogen-bond donors (Lipinski definition) is 2. The molecule has 0 fully saturated rings. The Hall–Kier alpha value is -1.81. The number of methoxy groups -OCH3 is 1. The lowest BCUT2D eigenvalue weighted by atomic mass is 10.2. The molecule has 1 aromatic carbocycles. The average Bonchev–Trinajstić information content (AvgIpc) is 2.77. The number of aliphatic hydroxyl groups excluding tert-OH is 1. The molecular formula is C11H12N2O2. The van der Waals surface area contributed by atoms with E-state index in [4.69, 9.17) is 9.84 Å². The highest BCUT2D eigenvalue weighted by Gasteiger charge is 2.07. The first-order valence-corrected chi connectivity index (χ1v) is 4.63. The van der Waals surface area contributed by atoms with Gasteiger partial charge in [-0.15, -0.1) is 0 Å². The zero-order valence-corrected chi connectivity index (χ0v) is 8.40. The molecule has 0 amide bonds. The molecule has 0 saturated heterocycles. The van der Waals surface area contributed by atoms with Crippen LogP contribution in [-0.4, -0.2) is 22.2 Å². The van der Waals surface area contributed by atoms with Crippen molar-refractivity contribution in [2.45, 2.75) is 6.61 Å². The van der Waals surface area contributed by atoms with Crippen LogP contribution in [0.15, 0.2) is 30.5 Å². The minimum Gasteiger partial charge on any atom is -0.496 e. The van der Waals surface area contributed by atoms with Gasteiger partial charge in [0.2, 0.25) is 0 Å². The summed E-state index contributed by atoms with van der Waals surface area (Å²) in [5.41, 5.74) is 1.58. The maximum atomic E-state index is 8.92. The molecule has 0 aliphatic carbocycles. The van der Waals surface area contributed by atoms with Crippen molar-refractivity contribution in [3.05, 3.63) is 36.2 Å². The van der Waals surface area contributed by atoms with Gasteiger partial charge in [-0.25, -0.2) is 4.98 Å². The molecule has 2 aromatic rings. The molecule has 4 nitrogen and oxygen atoms in total. The molecule has 0 aliphatic heterocycles. The summed E-state index contributed by atoms with van der Waals surface area (Å²) in [5, 5.41) is 8.92. The van der Waals surface area contributed by atoms with E-state index in [9.17, 15) is 0 Å². The molecule has 2 N–H and O–H groups in total. The number of aliphatic hydroxyl groups is 1. The normalized spacial score (nSPS) is 10.3. The summed E-state index contributed by atoms with van der Waals surface area (Å²) in [6.07, 6.45) is 1.61. The van der Waals surface area contributed by atoms with Crippen molar-refractivity contribution in [1.82, 2.24) is 9.97 Å². The summed E-state index contributed by atoms with van der Waals surface area (Å²) in [6, 6.07) is 7.60. The van der Waals surface area contributed by atoms with Crippen molar-refractivity contribution < 1.29 is 9.84 Å². The molecule has 0 bridgehead atoms. The van der Waals surface area contributed by atoms with E-state index < -0.39 is 0 Å². The van der Waals surface area contributed by atoms with Crippen LogP contribution in [0.1, 0.15) is 5.69 Å². The van der Waals surface area contributed by atoms with Crippen LogP contribution < -0.4 is 4.74 Å². The summed E-state index contributed by atoms with van der Waals surface area (Å²) < 4.78 is 5.22. The second kappa shape index (κ2) is 4.14. The summed E-state index contributed by atoms with van der Waals surface area (Å²) in [6.45, 7) is -0.0395. The van der Waals surface area contributed by atoms with Crippen molar-refractivity contribution in [2.75, 3.05) is 7.11 Å². The van der Waals surface area contributed by atoms with E-state index in [-0.39, 0.29) is 6.61 Å². The van der Waals surface area contributed by atoms with Crippen molar-refractivity contribution >= 4 is 0 Å². The Morgan fingerprint density at radius 3 is 2.87 bits per heavy atom. The Balaban J connectivity index is 2.44. The Labute approximate surface area is 87.6 Å². The first-order valence-electron chi connectivity index (χ1n) is 4.63. The molecule has 1 heterocycles. The summed E-state index contributed by atoms with van der Waals surface area (Å²) in [7, 11) is 1.62. The Morgan fingerprint density at radius 1 is 1.40 bits per heavy atom. The summed E-state index contributed by atoms with van der Waals surface area (Å²) in [4.78, 5) is 7.18. The van der Waals surface area contributed by atoms with Gasteiger partial charge in [0.15, 0.2) is 0 Å². The van der Waals surface area contributed by atoms with Crippen molar-refractivity contribution in [2.24, 2.45) is 0 Å². The fraction of sp³-hybridized carbons (Fsp3) is 0.182. The number of H-pyrrole nitrogens is 1. The molecule has 2 rings (SSSR count). The summed E-state index contributed by atoms with van der Waals surface area (Å²) >= 11 is 0. The van der Waals surface area contributed by atoms with Gasteiger partial charge in [0.1, 0.15) is 11.6 Å². The molecule has 78 valence electrons. The zero-order valence-electron chi connectivity index (χ0n) is 8.40. The number of rotatable bonds is 3. The maximum absolute atomic E-state index is 8.92. The molecule has 0 aliphatic rings. The molecule has 15 heavy (non-hydrogen) atoms. The van der Waals surface area contributed by atoms with E-state index in [1.165, 1.54) is 0 Å². The molecule has 0 spiro atoms. The minimum atomic E-state index is -0.0395. The van der Waals surface area contributed by atoms with Gasteiger partial charge in [-0.2, -0.15) is 0 Å². The van der Waals surface area contributed by atoms with Crippen LogP contribution in [0.5, 0.6) is 5.75 Å². The fourth-order valence-corrected chi connectivity index (χ4v) is 1.42. The highest BCUT2D eigenvalue weighted by atomic mass is 16.5. The largest absolute Gasteiger partial charge is 0.496 e. The fourth-order valence-electron chi connectivity index (χ4n) is 1.42. The predicted octanol–water partition coefficient (Wildman–Crippen LogP) is 1.58. The number of aromatic amines is 1. The number of imidazole rings is 1. The van der Waals surface area contributed by atoms with Crippen LogP contribution in [0.3, 0.4) is 0 Å². The molecule has 0 unspecified atom stereocenters. The lowest BCUT2D eigenvalue weighted by molar-refractivity contribution is 0.277. The van der Waals surface area contributed by atoms with Crippen LogP contribution >= 0.6 is 0 Å². The number of nitrogens with zero attached hydrogens (tertiary/aromatic N) is 1. The SMILES string of the molecule is COc1ccccc1-c1ncc(CO)[nH]1. The third-order valence-electron chi connectivity index (χ3n) is 2.16. The zero-order chi connectivity index (χ0) is 10.7. The van der Waals surface area contributed by atoms with Crippen LogP contribution in [0.25, 0.3) is 11.4 Å². The second-order valence-corrected chi connectivity index (χ2v) is 3.12. The van der Waals surface area contributed by atoms with Crippen LogP contribution in [-0.2, 0) is 6.61 Å². The van der Waals surface area contributed by atoms with Gasteiger partial charge in [0, 0.05) is 0 Å². The van der Waals surface area contributed by atoms with E-state index in [1.54, 1.807) is 13.3 Å². The smallest absolute Gasteiger partial charge is 0.141 e. The highest BCUT2D eigenvalue weighted by Crippen LogP contribution is 2.26. The molecule has 0 saturated carbocycles.